The summed E-state index contributed by atoms with van der Waals surface area (Å²) in [5.41, 5.74) is -2.37. The van der Waals surface area contributed by atoms with Gasteiger partial charge < -0.3 is 0 Å². The quantitative estimate of drug-likeness (QED) is 0.495. The summed E-state index contributed by atoms with van der Waals surface area (Å²) < 4.78 is 75.9. The topological polar surface area (TPSA) is 17.1 Å². The summed E-state index contributed by atoms with van der Waals surface area (Å²) in [4.78, 5) is 11.3. The lowest BCUT2D eigenvalue weighted by molar-refractivity contribution is -0.138. The molecule has 0 aliphatic rings. The number of carbonyl (C=O) groups is 1. The minimum Gasteiger partial charge on any atom is -0.276 e. The zero-order valence-corrected chi connectivity index (χ0v) is 11.9. The van der Waals surface area contributed by atoms with Crippen molar-refractivity contribution < 1.29 is 31.1 Å². The summed E-state index contributed by atoms with van der Waals surface area (Å²) in [7, 11) is 0. The molecule has 0 N–H and O–H groups in total. The van der Waals surface area contributed by atoms with Crippen molar-refractivity contribution in [3.63, 3.8) is 0 Å². The Labute approximate surface area is 131 Å². The van der Waals surface area contributed by atoms with Crippen molar-refractivity contribution in [1.29, 1.82) is 0 Å². The van der Waals surface area contributed by atoms with E-state index in [1.165, 1.54) is 0 Å². The maximum absolute atomic E-state index is 12.8. The van der Waals surface area contributed by atoms with E-state index in [4.69, 9.17) is 11.6 Å². The van der Waals surface area contributed by atoms with Crippen molar-refractivity contribution in [3.8, 4) is 11.1 Å². The highest BCUT2D eigenvalue weighted by Crippen LogP contribution is 2.36. The third-order valence-corrected chi connectivity index (χ3v) is 3.29. The van der Waals surface area contributed by atoms with E-state index in [0.717, 1.165) is 30.3 Å². The molecule has 0 atom stereocenters. The highest BCUT2D eigenvalue weighted by molar-refractivity contribution is 6.68. The van der Waals surface area contributed by atoms with Gasteiger partial charge in [0.05, 0.1) is 11.1 Å². The molecule has 122 valence electrons. The maximum atomic E-state index is 12.8. The van der Waals surface area contributed by atoms with Crippen LogP contribution in [-0.2, 0) is 12.4 Å². The van der Waals surface area contributed by atoms with E-state index < -0.39 is 28.7 Å². The molecule has 0 saturated carbocycles. The Balaban J connectivity index is 2.58. The highest BCUT2D eigenvalue weighted by atomic mass is 35.5. The number of rotatable bonds is 2. The molecule has 0 aliphatic heterocycles. The van der Waals surface area contributed by atoms with Gasteiger partial charge in [-0.25, -0.2) is 0 Å². The second-order valence-corrected chi connectivity index (χ2v) is 4.95. The van der Waals surface area contributed by atoms with Crippen molar-refractivity contribution in [2.45, 2.75) is 12.4 Å². The van der Waals surface area contributed by atoms with E-state index >= 15 is 0 Å². The normalized spacial score (nSPS) is 12.3. The van der Waals surface area contributed by atoms with E-state index in [1.807, 2.05) is 0 Å². The number of hydrogen-bond acceptors (Lipinski definition) is 1. The Bertz CT molecular complexity index is 731. The van der Waals surface area contributed by atoms with Crippen LogP contribution in [0.2, 0.25) is 0 Å². The smallest absolute Gasteiger partial charge is 0.276 e. The first kappa shape index (κ1) is 17.3. The van der Waals surface area contributed by atoms with E-state index in [-0.39, 0.29) is 16.7 Å². The predicted molar refractivity (Wildman–Crippen MR) is 72.1 cm³/mol. The average molecular weight is 353 g/mol. The fourth-order valence-corrected chi connectivity index (χ4v) is 2.13. The SMILES string of the molecule is O=C(Cl)c1ccc(C(F)(F)F)cc1-c1ccc(C(F)(F)F)cc1. The van der Waals surface area contributed by atoms with Crippen molar-refractivity contribution in [2.24, 2.45) is 0 Å². The summed E-state index contributed by atoms with van der Waals surface area (Å²) in [5, 5.41) is -1.01. The summed E-state index contributed by atoms with van der Waals surface area (Å²) >= 11 is 5.33. The van der Waals surface area contributed by atoms with Gasteiger partial charge in [0.2, 0.25) is 0 Å². The van der Waals surface area contributed by atoms with Crippen molar-refractivity contribution >= 4 is 16.8 Å². The van der Waals surface area contributed by atoms with Gasteiger partial charge >= 0.3 is 12.4 Å². The number of carbonyl (C=O) groups excluding carboxylic acids is 1. The van der Waals surface area contributed by atoms with Crippen LogP contribution in [0.4, 0.5) is 26.3 Å². The Morgan fingerprint density at radius 3 is 1.70 bits per heavy atom. The molecule has 0 aliphatic carbocycles. The van der Waals surface area contributed by atoms with E-state index in [0.29, 0.717) is 12.1 Å². The molecular formula is C15H7ClF6O. The van der Waals surface area contributed by atoms with Crippen molar-refractivity contribution in [1.82, 2.24) is 0 Å². The molecule has 2 aromatic carbocycles. The van der Waals surface area contributed by atoms with Gasteiger partial charge in [0.25, 0.3) is 5.24 Å². The molecule has 23 heavy (non-hydrogen) atoms. The standard InChI is InChI=1S/C15H7ClF6O/c16-13(23)11-6-5-10(15(20,21)22)7-12(11)8-1-3-9(4-2-8)14(17,18)19/h1-7H. The Morgan fingerprint density at radius 2 is 1.26 bits per heavy atom. The van der Waals surface area contributed by atoms with Crippen LogP contribution < -0.4 is 0 Å². The number of halogens is 7. The predicted octanol–water partition coefficient (Wildman–Crippen LogP) is 5.77. The minimum absolute atomic E-state index is 0.0214. The van der Waals surface area contributed by atoms with Gasteiger partial charge in [0, 0.05) is 5.56 Å². The number of benzene rings is 2. The van der Waals surface area contributed by atoms with E-state index in [9.17, 15) is 31.1 Å². The van der Waals surface area contributed by atoms with E-state index in [1.54, 1.807) is 0 Å². The largest absolute Gasteiger partial charge is 0.416 e. The third kappa shape index (κ3) is 3.85. The Morgan fingerprint density at radius 1 is 0.783 bits per heavy atom. The molecule has 0 saturated heterocycles. The van der Waals surface area contributed by atoms with Crippen LogP contribution in [0.25, 0.3) is 11.1 Å². The van der Waals surface area contributed by atoms with Crippen LogP contribution in [0.3, 0.4) is 0 Å². The highest BCUT2D eigenvalue weighted by Gasteiger charge is 2.32. The van der Waals surface area contributed by atoms with Crippen molar-refractivity contribution in [3.05, 3.63) is 59.2 Å². The van der Waals surface area contributed by atoms with Crippen LogP contribution in [0.1, 0.15) is 21.5 Å². The summed E-state index contributed by atoms with van der Waals surface area (Å²) in [6.07, 6.45) is -9.23. The lowest BCUT2D eigenvalue weighted by atomic mass is 9.96. The zero-order valence-electron chi connectivity index (χ0n) is 11.1. The molecule has 2 rings (SSSR count). The van der Waals surface area contributed by atoms with Gasteiger partial charge in [-0.1, -0.05) is 12.1 Å². The molecule has 0 spiro atoms. The van der Waals surface area contributed by atoms with Crippen LogP contribution in [0.15, 0.2) is 42.5 Å². The van der Waals surface area contributed by atoms with Gasteiger partial charge in [0.1, 0.15) is 0 Å². The van der Waals surface area contributed by atoms with Crippen molar-refractivity contribution in [2.75, 3.05) is 0 Å². The average Bonchev–Trinajstić information content (AvgIpc) is 2.45. The zero-order chi connectivity index (χ0) is 17.4. The van der Waals surface area contributed by atoms with Crippen LogP contribution in [0, 0.1) is 0 Å². The first-order valence-corrected chi connectivity index (χ1v) is 6.46. The lowest BCUT2D eigenvalue weighted by Crippen LogP contribution is -2.07. The molecule has 0 bridgehead atoms. The Kier molecular flexibility index (Phi) is 4.43. The van der Waals surface area contributed by atoms with Crippen LogP contribution >= 0.6 is 11.6 Å². The number of hydrogen-bond donors (Lipinski definition) is 0. The van der Waals surface area contributed by atoms with Gasteiger partial charge in [-0.3, -0.25) is 4.79 Å². The lowest BCUT2D eigenvalue weighted by Gasteiger charge is -2.13. The minimum atomic E-state index is -4.66. The molecule has 8 heteroatoms. The van der Waals surface area contributed by atoms with Gasteiger partial charge in [-0.2, -0.15) is 26.3 Å². The van der Waals surface area contributed by atoms with Crippen LogP contribution in [-0.4, -0.2) is 5.24 Å². The maximum Gasteiger partial charge on any atom is 0.416 e. The molecule has 0 unspecified atom stereocenters. The van der Waals surface area contributed by atoms with Gasteiger partial charge in [0.15, 0.2) is 0 Å². The first-order chi connectivity index (χ1) is 10.5. The molecule has 0 heterocycles. The van der Waals surface area contributed by atoms with Gasteiger partial charge in [-0.05, 0) is 53.1 Å². The molecule has 0 radical (unpaired) electrons. The fourth-order valence-electron chi connectivity index (χ4n) is 1.97. The van der Waals surface area contributed by atoms with Crippen LogP contribution in [0.5, 0.6) is 0 Å². The molecule has 0 fully saturated rings. The molecular weight excluding hydrogens is 346 g/mol. The third-order valence-electron chi connectivity index (χ3n) is 3.08. The summed E-state index contributed by atoms with van der Waals surface area (Å²) in [5.74, 6) is 0. The first-order valence-electron chi connectivity index (χ1n) is 6.09. The Hall–Kier alpha value is -2.02. The summed E-state index contributed by atoms with van der Waals surface area (Å²) in [6, 6.07) is 5.67. The molecule has 2 aromatic rings. The molecule has 0 amide bonds. The second kappa shape index (κ2) is 5.88. The number of alkyl halides is 6. The molecule has 0 aromatic heterocycles. The summed E-state index contributed by atoms with van der Waals surface area (Å²) in [6.45, 7) is 0. The van der Waals surface area contributed by atoms with Gasteiger partial charge in [-0.15, -0.1) is 0 Å². The fraction of sp³-hybridized carbons (Fsp3) is 0.133. The molecule has 1 nitrogen and oxygen atoms in total. The van der Waals surface area contributed by atoms with E-state index in [2.05, 4.69) is 0 Å². The monoisotopic (exact) mass is 352 g/mol. The second-order valence-electron chi connectivity index (χ2n) is 4.61.